The molecule has 0 fully saturated rings. The van der Waals surface area contributed by atoms with Crippen LogP contribution in [0.25, 0.3) is 0 Å². The second-order valence-electron chi connectivity index (χ2n) is 3.67. The van der Waals surface area contributed by atoms with Crippen LogP contribution in [0.5, 0.6) is 0 Å². The Morgan fingerprint density at radius 3 is 2.78 bits per heavy atom. The van der Waals surface area contributed by atoms with Crippen molar-refractivity contribution in [1.82, 2.24) is 5.32 Å². The van der Waals surface area contributed by atoms with E-state index in [-0.39, 0.29) is 25.7 Å². The van der Waals surface area contributed by atoms with E-state index in [1.807, 2.05) is 19.1 Å². The van der Waals surface area contributed by atoms with Gasteiger partial charge in [-0.15, -0.1) is 0 Å². The minimum Gasteiger partial charge on any atom is -0.480 e. The van der Waals surface area contributed by atoms with Gasteiger partial charge in [-0.3, -0.25) is 4.79 Å². The van der Waals surface area contributed by atoms with Crippen LogP contribution in [0.4, 0.5) is 0 Å². The molecule has 6 heteroatoms. The molecule has 0 aliphatic rings. The highest BCUT2D eigenvalue weighted by molar-refractivity contribution is 14.1. The van der Waals surface area contributed by atoms with Crippen molar-refractivity contribution in [2.75, 3.05) is 19.8 Å². The minimum atomic E-state index is -1.02. The Kier molecular flexibility index (Phi) is 6.06. The predicted octanol–water partition coefficient (Wildman–Crippen LogP) is 1.43. The molecule has 2 N–H and O–H groups in total. The zero-order valence-corrected chi connectivity index (χ0v) is 12.1. The van der Waals surface area contributed by atoms with E-state index in [1.54, 1.807) is 6.07 Å². The Bertz CT molecular complexity index is 448. The molecule has 98 valence electrons. The maximum atomic E-state index is 11.7. The molecule has 0 atom stereocenters. The standard InChI is InChI=1S/C12H14INO4/c1-8-2-3-9(6-10(8)13)12(17)14-4-5-18-7-11(15)16/h2-3,6H,4-5,7H2,1H3,(H,14,17)(H,15,16). The van der Waals surface area contributed by atoms with Crippen LogP contribution in [0.1, 0.15) is 15.9 Å². The Labute approximate surface area is 119 Å². The predicted molar refractivity (Wildman–Crippen MR) is 74.7 cm³/mol. The van der Waals surface area contributed by atoms with Crippen LogP contribution in [-0.4, -0.2) is 36.7 Å². The van der Waals surface area contributed by atoms with E-state index < -0.39 is 5.97 Å². The Morgan fingerprint density at radius 1 is 1.44 bits per heavy atom. The first-order valence-electron chi connectivity index (χ1n) is 5.34. The number of halogens is 1. The molecule has 18 heavy (non-hydrogen) atoms. The highest BCUT2D eigenvalue weighted by atomic mass is 127. The minimum absolute atomic E-state index is 0.182. The van der Waals surface area contributed by atoms with Crippen molar-refractivity contribution in [3.8, 4) is 0 Å². The summed E-state index contributed by atoms with van der Waals surface area (Å²) in [6.45, 7) is 2.10. The molecule has 0 radical (unpaired) electrons. The van der Waals surface area contributed by atoms with Crippen molar-refractivity contribution in [2.45, 2.75) is 6.92 Å². The number of aryl methyl sites for hydroxylation is 1. The van der Waals surface area contributed by atoms with Gasteiger partial charge in [0.2, 0.25) is 0 Å². The molecular formula is C12H14INO4. The summed E-state index contributed by atoms with van der Waals surface area (Å²) < 4.78 is 5.84. The molecule has 1 aromatic carbocycles. The molecule has 0 spiro atoms. The van der Waals surface area contributed by atoms with Gasteiger partial charge in [0.05, 0.1) is 6.61 Å². The second-order valence-corrected chi connectivity index (χ2v) is 4.83. The summed E-state index contributed by atoms with van der Waals surface area (Å²) in [6.07, 6.45) is 0. The lowest BCUT2D eigenvalue weighted by molar-refractivity contribution is -0.142. The first-order chi connectivity index (χ1) is 8.50. The van der Waals surface area contributed by atoms with Gasteiger partial charge in [-0.2, -0.15) is 0 Å². The van der Waals surface area contributed by atoms with Gasteiger partial charge in [0.1, 0.15) is 6.61 Å². The summed E-state index contributed by atoms with van der Waals surface area (Å²) in [5.41, 5.74) is 1.71. The summed E-state index contributed by atoms with van der Waals surface area (Å²) >= 11 is 2.17. The van der Waals surface area contributed by atoms with E-state index in [0.717, 1.165) is 9.13 Å². The number of nitrogens with one attached hydrogen (secondary N) is 1. The number of carbonyl (C=O) groups is 2. The van der Waals surface area contributed by atoms with Gasteiger partial charge in [0.25, 0.3) is 5.91 Å². The second kappa shape index (κ2) is 7.32. The third-order valence-electron chi connectivity index (χ3n) is 2.19. The third-order valence-corrected chi connectivity index (χ3v) is 3.35. The molecule has 1 rings (SSSR count). The van der Waals surface area contributed by atoms with Crippen molar-refractivity contribution in [3.63, 3.8) is 0 Å². The van der Waals surface area contributed by atoms with Crippen molar-refractivity contribution in [3.05, 3.63) is 32.9 Å². The quantitative estimate of drug-likeness (QED) is 0.592. The first-order valence-corrected chi connectivity index (χ1v) is 6.42. The molecule has 0 heterocycles. The molecule has 1 aromatic rings. The summed E-state index contributed by atoms with van der Waals surface area (Å²) in [5.74, 6) is -1.21. The zero-order valence-electron chi connectivity index (χ0n) is 9.90. The molecule has 0 saturated heterocycles. The maximum absolute atomic E-state index is 11.7. The lowest BCUT2D eigenvalue weighted by atomic mass is 10.1. The lowest BCUT2D eigenvalue weighted by Gasteiger charge is -2.06. The van der Waals surface area contributed by atoms with Crippen molar-refractivity contribution < 1.29 is 19.4 Å². The lowest BCUT2D eigenvalue weighted by Crippen LogP contribution is -2.28. The zero-order chi connectivity index (χ0) is 13.5. The van der Waals surface area contributed by atoms with Crippen LogP contribution in [0, 0.1) is 10.5 Å². The van der Waals surface area contributed by atoms with E-state index in [1.165, 1.54) is 0 Å². The number of benzene rings is 1. The van der Waals surface area contributed by atoms with Gasteiger partial charge in [-0.05, 0) is 47.2 Å². The highest BCUT2D eigenvalue weighted by Crippen LogP contribution is 2.13. The number of hydrogen-bond acceptors (Lipinski definition) is 3. The largest absolute Gasteiger partial charge is 0.480 e. The Balaban J connectivity index is 2.36. The topological polar surface area (TPSA) is 75.6 Å². The Hall–Kier alpha value is -1.15. The van der Waals surface area contributed by atoms with E-state index in [9.17, 15) is 9.59 Å². The third kappa shape index (κ3) is 5.01. The van der Waals surface area contributed by atoms with Gasteiger partial charge in [0.15, 0.2) is 0 Å². The van der Waals surface area contributed by atoms with Gasteiger partial charge >= 0.3 is 5.97 Å². The number of rotatable bonds is 6. The highest BCUT2D eigenvalue weighted by Gasteiger charge is 2.06. The van der Waals surface area contributed by atoms with Crippen LogP contribution in [-0.2, 0) is 9.53 Å². The van der Waals surface area contributed by atoms with Crippen LogP contribution in [0.15, 0.2) is 18.2 Å². The number of aliphatic carboxylic acids is 1. The molecule has 0 bridgehead atoms. The van der Waals surface area contributed by atoms with E-state index in [4.69, 9.17) is 9.84 Å². The fourth-order valence-electron chi connectivity index (χ4n) is 1.23. The van der Waals surface area contributed by atoms with Gasteiger partial charge < -0.3 is 15.2 Å². The summed E-state index contributed by atoms with van der Waals surface area (Å²) in [5, 5.41) is 11.0. The van der Waals surface area contributed by atoms with Crippen LogP contribution in [0.2, 0.25) is 0 Å². The maximum Gasteiger partial charge on any atom is 0.329 e. The Morgan fingerprint density at radius 2 is 2.17 bits per heavy atom. The molecule has 5 nitrogen and oxygen atoms in total. The number of carbonyl (C=O) groups excluding carboxylic acids is 1. The molecule has 0 unspecified atom stereocenters. The summed E-state index contributed by atoms with van der Waals surface area (Å²) in [6, 6.07) is 5.45. The van der Waals surface area contributed by atoms with E-state index in [2.05, 4.69) is 27.9 Å². The molecule has 0 aliphatic heterocycles. The average molecular weight is 363 g/mol. The summed E-state index contributed by atoms with van der Waals surface area (Å²) in [7, 11) is 0. The van der Waals surface area contributed by atoms with Crippen LogP contribution < -0.4 is 5.32 Å². The van der Waals surface area contributed by atoms with Crippen molar-refractivity contribution in [2.24, 2.45) is 0 Å². The average Bonchev–Trinajstić information content (AvgIpc) is 2.31. The van der Waals surface area contributed by atoms with Crippen LogP contribution in [0.3, 0.4) is 0 Å². The molecule has 0 aromatic heterocycles. The van der Waals surface area contributed by atoms with Crippen LogP contribution >= 0.6 is 22.6 Å². The fourth-order valence-corrected chi connectivity index (χ4v) is 1.75. The molecular weight excluding hydrogens is 349 g/mol. The van der Waals surface area contributed by atoms with Crippen molar-refractivity contribution >= 4 is 34.5 Å². The monoisotopic (exact) mass is 363 g/mol. The molecule has 0 saturated carbocycles. The van der Waals surface area contributed by atoms with Gasteiger partial charge in [0, 0.05) is 15.7 Å². The number of carboxylic acid groups (broad SMARTS) is 1. The number of hydrogen-bond donors (Lipinski definition) is 2. The fraction of sp³-hybridized carbons (Fsp3) is 0.333. The molecule has 1 amide bonds. The number of ether oxygens (including phenoxy) is 1. The molecule has 0 aliphatic carbocycles. The van der Waals surface area contributed by atoms with E-state index in [0.29, 0.717) is 5.56 Å². The smallest absolute Gasteiger partial charge is 0.329 e. The number of carboxylic acids is 1. The summed E-state index contributed by atoms with van der Waals surface area (Å²) in [4.78, 5) is 21.9. The van der Waals surface area contributed by atoms with Gasteiger partial charge in [-0.25, -0.2) is 4.79 Å². The first kappa shape index (κ1) is 14.9. The van der Waals surface area contributed by atoms with Gasteiger partial charge in [-0.1, -0.05) is 6.07 Å². The SMILES string of the molecule is Cc1ccc(C(=O)NCCOCC(=O)O)cc1I. The number of amides is 1. The van der Waals surface area contributed by atoms with E-state index >= 15 is 0 Å². The van der Waals surface area contributed by atoms with Crippen molar-refractivity contribution in [1.29, 1.82) is 0 Å². The normalized spacial score (nSPS) is 10.1.